The molecule has 0 saturated carbocycles. The molecule has 2 N–H and O–H groups in total. The first-order valence-corrected chi connectivity index (χ1v) is 6.63. The van der Waals surface area contributed by atoms with Crippen LogP contribution >= 0.6 is 0 Å². The average molecular weight is 304 g/mol. The minimum atomic E-state index is -0.382. The van der Waals surface area contributed by atoms with Crippen LogP contribution in [0.1, 0.15) is 5.56 Å². The van der Waals surface area contributed by atoms with Crippen LogP contribution in [0.25, 0.3) is 0 Å². The highest BCUT2D eigenvalue weighted by Crippen LogP contribution is 2.28. The maximum atomic E-state index is 12.8. The fourth-order valence-electron chi connectivity index (χ4n) is 1.85. The van der Waals surface area contributed by atoms with Gasteiger partial charge in [-0.15, -0.1) is 0 Å². The lowest BCUT2D eigenvalue weighted by Gasteiger charge is -2.12. The van der Waals surface area contributed by atoms with E-state index >= 15 is 0 Å². The second-order valence-corrected chi connectivity index (χ2v) is 4.50. The smallest absolute Gasteiger partial charge is 0.319 e. The Labute approximate surface area is 128 Å². The number of benzene rings is 2. The van der Waals surface area contributed by atoms with Crippen molar-refractivity contribution in [3.05, 3.63) is 53.8 Å². The maximum Gasteiger partial charge on any atom is 0.319 e. The van der Waals surface area contributed by atoms with Crippen LogP contribution in [0.3, 0.4) is 0 Å². The monoisotopic (exact) mass is 304 g/mol. The third kappa shape index (κ3) is 4.12. The van der Waals surface area contributed by atoms with Crippen molar-refractivity contribution in [2.75, 3.05) is 19.5 Å². The van der Waals surface area contributed by atoms with Gasteiger partial charge in [0, 0.05) is 12.6 Å². The Morgan fingerprint density at radius 3 is 2.45 bits per heavy atom. The third-order valence-corrected chi connectivity index (χ3v) is 3.02. The standard InChI is InChI=1S/C16H17FN2O3/c1-21-13-7-8-14(15(9-13)22-2)19-16(20)18-10-11-3-5-12(17)6-4-11/h3-9H,10H2,1-2H3,(H2,18,19,20). The first-order valence-electron chi connectivity index (χ1n) is 6.63. The molecule has 0 radical (unpaired) electrons. The van der Waals surface area contributed by atoms with Crippen LogP contribution in [-0.4, -0.2) is 20.3 Å². The SMILES string of the molecule is COc1ccc(NC(=O)NCc2ccc(F)cc2)c(OC)c1. The van der Waals surface area contributed by atoms with Crippen LogP contribution in [0.4, 0.5) is 14.9 Å². The summed E-state index contributed by atoms with van der Waals surface area (Å²) in [6, 6.07) is 10.6. The summed E-state index contributed by atoms with van der Waals surface area (Å²) in [7, 11) is 3.06. The molecule has 0 heterocycles. The molecule has 2 aromatic carbocycles. The molecule has 0 saturated heterocycles. The highest BCUT2D eigenvalue weighted by Gasteiger charge is 2.08. The van der Waals surface area contributed by atoms with Gasteiger partial charge in [-0.2, -0.15) is 0 Å². The van der Waals surface area contributed by atoms with Crippen molar-refractivity contribution in [1.29, 1.82) is 0 Å². The van der Waals surface area contributed by atoms with Crippen LogP contribution in [0.5, 0.6) is 11.5 Å². The maximum absolute atomic E-state index is 12.8. The number of ether oxygens (including phenoxy) is 2. The Hall–Kier alpha value is -2.76. The average Bonchev–Trinajstić information content (AvgIpc) is 2.54. The van der Waals surface area contributed by atoms with Gasteiger partial charge in [-0.25, -0.2) is 9.18 Å². The number of anilines is 1. The predicted octanol–water partition coefficient (Wildman–Crippen LogP) is 3.16. The molecule has 2 amide bonds. The Morgan fingerprint density at radius 2 is 1.82 bits per heavy atom. The van der Waals surface area contributed by atoms with Crippen molar-refractivity contribution in [3.63, 3.8) is 0 Å². The first-order chi connectivity index (χ1) is 10.6. The van der Waals surface area contributed by atoms with E-state index in [9.17, 15) is 9.18 Å². The molecule has 0 spiro atoms. The second kappa shape index (κ2) is 7.31. The zero-order chi connectivity index (χ0) is 15.9. The van der Waals surface area contributed by atoms with Crippen molar-refractivity contribution >= 4 is 11.7 Å². The van der Waals surface area contributed by atoms with E-state index in [1.54, 1.807) is 37.4 Å². The molecule has 2 aromatic rings. The summed E-state index contributed by atoms with van der Waals surface area (Å²) in [6.07, 6.45) is 0. The van der Waals surface area contributed by atoms with E-state index in [-0.39, 0.29) is 11.8 Å². The number of hydrogen-bond acceptors (Lipinski definition) is 3. The number of nitrogens with one attached hydrogen (secondary N) is 2. The third-order valence-electron chi connectivity index (χ3n) is 3.02. The van der Waals surface area contributed by atoms with Crippen LogP contribution in [0.15, 0.2) is 42.5 Å². The van der Waals surface area contributed by atoms with Crippen molar-refractivity contribution in [2.45, 2.75) is 6.54 Å². The Bertz CT molecular complexity index is 644. The topological polar surface area (TPSA) is 59.6 Å². The number of carbonyl (C=O) groups is 1. The normalized spacial score (nSPS) is 9.95. The van der Waals surface area contributed by atoms with Crippen molar-refractivity contribution in [2.24, 2.45) is 0 Å². The molecule has 116 valence electrons. The van der Waals surface area contributed by atoms with E-state index in [1.807, 2.05) is 0 Å². The molecule has 0 aliphatic rings. The number of hydrogen-bond donors (Lipinski definition) is 2. The predicted molar refractivity (Wildman–Crippen MR) is 81.8 cm³/mol. The lowest BCUT2D eigenvalue weighted by atomic mass is 10.2. The van der Waals surface area contributed by atoms with E-state index in [1.165, 1.54) is 19.2 Å². The van der Waals surface area contributed by atoms with Crippen LogP contribution in [0.2, 0.25) is 0 Å². The van der Waals surface area contributed by atoms with Gasteiger partial charge in [-0.1, -0.05) is 12.1 Å². The van der Waals surface area contributed by atoms with Crippen molar-refractivity contribution in [3.8, 4) is 11.5 Å². The highest BCUT2D eigenvalue weighted by atomic mass is 19.1. The molecule has 0 bridgehead atoms. The minimum absolute atomic E-state index is 0.296. The van der Waals surface area contributed by atoms with Gasteiger partial charge in [0.15, 0.2) is 0 Å². The summed E-state index contributed by atoms with van der Waals surface area (Å²) in [5.74, 6) is 0.821. The number of rotatable bonds is 5. The largest absolute Gasteiger partial charge is 0.497 e. The summed E-state index contributed by atoms with van der Waals surface area (Å²) < 4.78 is 23.1. The summed E-state index contributed by atoms with van der Waals surface area (Å²) in [6.45, 7) is 0.296. The Balaban J connectivity index is 1.95. The quantitative estimate of drug-likeness (QED) is 0.892. The van der Waals surface area contributed by atoms with E-state index < -0.39 is 0 Å². The van der Waals surface area contributed by atoms with E-state index in [0.717, 1.165) is 5.56 Å². The van der Waals surface area contributed by atoms with Gasteiger partial charge < -0.3 is 20.1 Å². The summed E-state index contributed by atoms with van der Waals surface area (Å²) in [5, 5.41) is 5.38. The molecule has 0 aliphatic carbocycles. The number of amides is 2. The Morgan fingerprint density at radius 1 is 1.09 bits per heavy atom. The molecule has 0 aliphatic heterocycles. The molecule has 0 unspecified atom stereocenters. The number of carbonyl (C=O) groups excluding carboxylic acids is 1. The van der Waals surface area contributed by atoms with Crippen molar-refractivity contribution in [1.82, 2.24) is 5.32 Å². The van der Waals surface area contributed by atoms with E-state index in [2.05, 4.69) is 10.6 Å². The van der Waals surface area contributed by atoms with E-state index in [0.29, 0.717) is 23.7 Å². The van der Waals surface area contributed by atoms with Gasteiger partial charge in [-0.3, -0.25) is 0 Å². The zero-order valence-corrected chi connectivity index (χ0v) is 12.4. The van der Waals surface area contributed by atoms with Gasteiger partial charge in [0.2, 0.25) is 0 Å². The van der Waals surface area contributed by atoms with Gasteiger partial charge in [0.1, 0.15) is 17.3 Å². The summed E-state index contributed by atoms with van der Waals surface area (Å²) in [5.41, 5.74) is 1.33. The highest BCUT2D eigenvalue weighted by molar-refractivity contribution is 5.91. The number of urea groups is 1. The molecule has 2 rings (SSSR count). The second-order valence-electron chi connectivity index (χ2n) is 4.50. The molecule has 0 aromatic heterocycles. The van der Waals surface area contributed by atoms with Gasteiger partial charge >= 0.3 is 6.03 Å². The molecule has 6 heteroatoms. The molecule has 22 heavy (non-hydrogen) atoms. The molecular formula is C16H17FN2O3. The molecule has 0 fully saturated rings. The van der Waals surface area contributed by atoms with Gasteiger partial charge in [-0.05, 0) is 29.8 Å². The lowest BCUT2D eigenvalue weighted by molar-refractivity contribution is 0.251. The Kier molecular flexibility index (Phi) is 5.19. The molecular weight excluding hydrogens is 287 g/mol. The fourth-order valence-corrected chi connectivity index (χ4v) is 1.85. The fraction of sp³-hybridized carbons (Fsp3) is 0.188. The minimum Gasteiger partial charge on any atom is -0.497 e. The van der Waals surface area contributed by atoms with Gasteiger partial charge in [0.25, 0.3) is 0 Å². The van der Waals surface area contributed by atoms with Crippen molar-refractivity contribution < 1.29 is 18.7 Å². The van der Waals surface area contributed by atoms with Crippen LogP contribution in [-0.2, 0) is 6.54 Å². The summed E-state index contributed by atoms with van der Waals surface area (Å²) >= 11 is 0. The number of methoxy groups -OCH3 is 2. The van der Waals surface area contributed by atoms with E-state index in [4.69, 9.17) is 9.47 Å². The van der Waals surface area contributed by atoms with Gasteiger partial charge in [0.05, 0.1) is 19.9 Å². The van der Waals surface area contributed by atoms with Crippen LogP contribution in [0, 0.1) is 5.82 Å². The summed E-state index contributed by atoms with van der Waals surface area (Å²) in [4.78, 5) is 11.9. The molecule has 5 nitrogen and oxygen atoms in total. The zero-order valence-electron chi connectivity index (χ0n) is 12.4. The van der Waals surface area contributed by atoms with Crippen LogP contribution < -0.4 is 20.1 Å². The molecule has 0 atom stereocenters. The lowest BCUT2D eigenvalue weighted by Crippen LogP contribution is -2.28. The number of halogens is 1. The first kappa shape index (κ1) is 15.6.